The summed E-state index contributed by atoms with van der Waals surface area (Å²) in [4.78, 5) is 0. The fourth-order valence-electron chi connectivity index (χ4n) is 1.63. The molecule has 2 aromatic carbocycles. The summed E-state index contributed by atoms with van der Waals surface area (Å²) in [5, 5.41) is 1.28. The van der Waals surface area contributed by atoms with Gasteiger partial charge in [0.2, 0.25) is 0 Å². The Hall–Kier alpha value is -0.290. The van der Waals surface area contributed by atoms with Crippen molar-refractivity contribution in [3.05, 3.63) is 67.2 Å². The van der Waals surface area contributed by atoms with Crippen molar-refractivity contribution >= 4 is 45.8 Å². The van der Waals surface area contributed by atoms with Gasteiger partial charge >= 0.3 is 0 Å². The van der Waals surface area contributed by atoms with Gasteiger partial charge in [0.25, 0.3) is 0 Å². The fraction of sp³-hybridized carbons (Fsp3) is 0.0769. The maximum absolute atomic E-state index is 6.21. The van der Waals surface area contributed by atoms with E-state index in [9.17, 15) is 0 Å². The summed E-state index contributed by atoms with van der Waals surface area (Å²) in [6, 6.07) is 13.1. The second-order valence-electron chi connectivity index (χ2n) is 3.70. The molecule has 0 fully saturated rings. The van der Waals surface area contributed by atoms with E-state index in [2.05, 4.69) is 22.6 Å². The van der Waals surface area contributed by atoms with Crippen LogP contribution in [-0.4, -0.2) is 0 Å². The third-order valence-corrected chi connectivity index (χ3v) is 3.75. The zero-order valence-electron chi connectivity index (χ0n) is 8.83. The molecule has 1 nitrogen and oxygen atoms in total. The second kappa shape index (κ2) is 5.57. The number of rotatable bonds is 2. The molecule has 0 aliphatic carbocycles. The van der Waals surface area contributed by atoms with Crippen LogP contribution in [0.2, 0.25) is 10.0 Å². The molecule has 2 N–H and O–H groups in total. The van der Waals surface area contributed by atoms with Gasteiger partial charge in [0.1, 0.15) is 0 Å². The third-order valence-electron chi connectivity index (χ3n) is 2.50. The zero-order chi connectivity index (χ0) is 12.4. The van der Waals surface area contributed by atoms with E-state index in [0.29, 0.717) is 10.0 Å². The predicted molar refractivity (Wildman–Crippen MR) is 81.7 cm³/mol. The minimum atomic E-state index is -0.254. The molecule has 0 bridgehead atoms. The Kier molecular flexibility index (Phi) is 4.31. The smallest absolute Gasteiger partial charge is 0.0567 e. The Morgan fingerprint density at radius 3 is 2.53 bits per heavy atom. The van der Waals surface area contributed by atoms with Crippen LogP contribution < -0.4 is 5.73 Å². The van der Waals surface area contributed by atoms with Gasteiger partial charge in [-0.3, -0.25) is 0 Å². The van der Waals surface area contributed by atoms with E-state index >= 15 is 0 Å². The fourth-order valence-corrected chi connectivity index (χ4v) is 2.62. The lowest BCUT2D eigenvalue weighted by Gasteiger charge is -2.14. The van der Waals surface area contributed by atoms with Crippen molar-refractivity contribution in [1.82, 2.24) is 0 Å². The molecule has 88 valence electrons. The number of hydrogen-bond acceptors (Lipinski definition) is 1. The van der Waals surface area contributed by atoms with Crippen LogP contribution >= 0.6 is 45.8 Å². The minimum Gasteiger partial charge on any atom is -0.320 e. The first-order chi connectivity index (χ1) is 8.08. The highest BCUT2D eigenvalue weighted by molar-refractivity contribution is 14.1. The molecule has 2 aromatic rings. The van der Waals surface area contributed by atoms with Gasteiger partial charge in [-0.1, -0.05) is 35.3 Å². The maximum atomic E-state index is 6.21. The van der Waals surface area contributed by atoms with Gasteiger partial charge in [0.15, 0.2) is 0 Å². The monoisotopic (exact) mass is 377 g/mol. The first-order valence-corrected chi connectivity index (χ1v) is 6.87. The average Bonchev–Trinajstić information content (AvgIpc) is 2.31. The average molecular weight is 378 g/mol. The summed E-state index contributed by atoms with van der Waals surface area (Å²) in [5.41, 5.74) is 8.09. The van der Waals surface area contributed by atoms with Crippen molar-refractivity contribution in [2.45, 2.75) is 6.04 Å². The molecule has 0 heterocycles. The molecule has 0 saturated carbocycles. The quantitative estimate of drug-likeness (QED) is 0.757. The van der Waals surface area contributed by atoms with E-state index in [4.69, 9.17) is 28.9 Å². The Balaban J connectivity index is 2.43. The van der Waals surface area contributed by atoms with Crippen molar-refractivity contribution in [3.63, 3.8) is 0 Å². The van der Waals surface area contributed by atoms with Gasteiger partial charge in [-0.05, 0) is 64.0 Å². The van der Waals surface area contributed by atoms with Crippen LogP contribution in [0.1, 0.15) is 17.2 Å². The molecule has 1 unspecified atom stereocenters. The van der Waals surface area contributed by atoms with Crippen LogP contribution in [0.25, 0.3) is 0 Å². The molecule has 17 heavy (non-hydrogen) atoms. The topological polar surface area (TPSA) is 26.0 Å². The molecule has 0 aromatic heterocycles. The molecule has 4 heteroatoms. The van der Waals surface area contributed by atoms with Gasteiger partial charge < -0.3 is 5.73 Å². The minimum absolute atomic E-state index is 0.254. The molecule has 0 aliphatic rings. The molecular formula is C13H10Cl2IN. The van der Waals surface area contributed by atoms with E-state index in [1.54, 1.807) is 12.1 Å². The molecule has 0 radical (unpaired) electrons. The molecule has 0 amide bonds. The molecule has 0 aliphatic heterocycles. The Bertz CT molecular complexity index is 543. The largest absolute Gasteiger partial charge is 0.320 e. The summed E-state index contributed by atoms with van der Waals surface area (Å²) in [6.45, 7) is 0. The lowest BCUT2D eigenvalue weighted by Crippen LogP contribution is -2.12. The van der Waals surface area contributed by atoms with Crippen molar-refractivity contribution < 1.29 is 0 Å². The van der Waals surface area contributed by atoms with E-state index in [-0.39, 0.29) is 6.04 Å². The third kappa shape index (κ3) is 3.13. The second-order valence-corrected chi connectivity index (χ2v) is 5.79. The molecule has 2 rings (SSSR count). The van der Waals surface area contributed by atoms with Crippen LogP contribution in [0.5, 0.6) is 0 Å². The standard InChI is InChI=1S/C13H10Cl2IN/c14-9-4-5-12(15)11(7-9)13(17)8-2-1-3-10(16)6-8/h1-7,13H,17H2. The number of halogens is 3. The van der Waals surface area contributed by atoms with Crippen LogP contribution in [0.4, 0.5) is 0 Å². The van der Waals surface area contributed by atoms with Gasteiger partial charge in [0.05, 0.1) is 6.04 Å². The summed E-state index contributed by atoms with van der Waals surface area (Å²) in [5.74, 6) is 0. The Labute approximate surface area is 124 Å². The summed E-state index contributed by atoms with van der Waals surface area (Å²) in [7, 11) is 0. The SMILES string of the molecule is NC(c1cccc(I)c1)c1cc(Cl)ccc1Cl. The van der Waals surface area contributed by atoms with Crippen molar-refractivity contribution in [1.29, 1.82) is 0 Å². The number of benzene rings is 2. The lowest BCUT2D eigenvalue weighted by atomic mass is 10.00. The highest BCUT2D eigenvalue weighted by Gasteiger charge is 2.13. The Morgan fingerprint density at radius 1 is 1.06 bits per heavy atom. The van der Waals surface area contributed by atoms with E-state index in [1.807, 2.05) is 30.3 Å². The van der Waals surface area contributed by atoms with E-state index in [1.165, 1.54) is 0 Å². The zero-order valence-corrected chi connectivity index (χ0v) is 12.5. The van der Waals surface area contributed by atoms with Crippen LogP contribution in [0.3, 0.4) is 0 Å². The van der Waals surface area contributed by atoms with Crippen LogP contribution in [0.15, 0.2) is 42.5 Å². The molecular weight excluding hydrogens is 368 g/mol. The van der Waals surface area contributed by atoms with Gasteiger partial charge in [-0.2, -0.15) is 0 Å². The van der Waals surface area contributed by atoms with E-state index in [0.717, 1.165) is 14.7 Å². The van der Waals surface area contributed by atoms with Crippen LogP contribution in [0, 0.1) is 3.57 Å². The lowest BCUT2D eigenvalue weighted by molar-refractivity contribution is 0.871. The first kappa shape index (κ1) is 13.1. The molecule has 0 saturated heterocycles. The summed E-state index contributed by atoms with van der Waals surface area (Å²) < 4.78 is 1.15. The highest BCUT2D eigenvalue weighted by atomic mass is 127. The molecule has 1 atom stereocenters. The van der Waals surface area contributed by atoms with Crippen molar-refractivity contribution in [2.24, 2.45) is 5.73 Å². The Morgan fingerprint density at radius 2 is 1.82 bits per heavy atom. The maximum Gasteiger partial charge on any atom is 0.0567 e. The van der Waals surface area contributed by atoms with Crippen molar-refractivity contribution in [3.8, 4) is 0 Å². The highest BCUT2D eigenvalue weighted by Crippen LogP contribution is 2.29. The summed E-state index contributed by atoms with van der Waals surface area (Å²) in [6.07, 6.45) is 0. The first-order valence-electron chi connectivity index (χ1n) is 5.04. The predicted octanol–water partition coefficient (Wildman–Crippen LogP) is 4.65. The normalized spacial score (nSPS) is 12.5. The van der Waals surface area contributed by atoms with Gasteiger partial charge in [-0.15, -0.1) is 0 Å². The van der Waals surface area contributed by atoms with Crippen LogP contribution in [-0.2, 0) is 0 Å². The molecule has 0 spiro atoms. The van der Waals surface area contributed by atoms with Gasteiger partial charge in [0, 0.05) is 13.6 Å². The van der Waals surface area contributed by atoms with E-state index < -0.39 is 0 Å². The van der Waals surface area contributed by atoms with Gasteiger partial charge in [-0.25, -0.2) is 0 Å². The van der Waals surface area contributed by atoms with Crippen molar-refractivity contribution in [2.75, 3.05) is 0 Å². The summed E-state index contributed by atoms with van der Waals surface area (Å²) >= 11 is 14.4. The number of hydrogen-bond donors (Lipinski definition) is 1. The number of nitrogens with two attached hydrogens (primary N) is 1.